The molecule has 25 heteroatoms. The van der Waals surface area contributed by atoms with Crippen molar-refractivity contribution in [2.24, 2.45) is 41.2 Å². The molecule has 2 heterocycles. The Hall–Kier alpha value is -7.77. The second kappa shape index (κ2) is 37.8. The van der Waals surface area contributed by atoms with Crippen molar-refractivity contribution in [1.29, 1.82) is 0 Å². The molecule has 11 amide bonds. The minimum atomic E-state index is -1.12. The number of primary amides is 1. The number of anilines is 1. The largest absolute Gasteiger partial charge is 0.445 e. The molecule has 1 saturated heterocycles. The maximum Gasteiger partial charge on any atom is 0.410 e. The number of aliphatic hydroxyl groups excluding tert-OH is 1. The lowest BCUT2D eigenvalue weighted by molar-refractivity contribution is -0.149. The number of imide groups is 1. The fourth-order valence-corrected chi connectivity index (χ4v) is 12.2. The molecule has 12 atom stereocenters. The molecule has 0 aromatic heterocycles. The Morgan fingerprint density at radius 2 is 1.39 bits per heavy atom. The summed E-state index contributed by atoms with van der Waals surface area (Å²) in [6.45, 7) is 18.7. The van der Waals surface area contributed by atoms with Crippen LogP contribution in [0.5, 0.6) is 0 Å². The van der Waals surface area contributed by atoms with E-state index in [4.69, 9.17) is 19.9 Å². The van der Waals surface area contributed by atoms with E-state index in [0.717, 1.165) is 4.90 Å². The van der Waals surface area contributed by atoms with Crippen LogP contribution in [0.4, 0.5) is 15.3 Å². The number of nitrogens with one attached hydrogen (secondary N) is 5. The predicted molar refractivity (Wildman–Crippen MR) is 350 cm³/mol. The van der Waals surface area contributed by atoms with Gasteiger partial charge in [-0.1, -0.05) is 111 Å². The smallest absolute Gasteiger partial charge is 0.410 e. The predicted octanol–water partition coefficient (Wildman–Crippen LogP) is 5.78. The van der Waals surface area contributed by atoms with Gasteiger partial charge >= 0.3 is 12.1 Å². The summed E-state index contributed by atoms with van der Waals surface area (Å²) in [7, 11) is 6.17. The monoisotopic (exact) mass is 1300 g/mol. The van der Waals surface area contributed by atoms with E-state index in [2.05, 4.69) is 26.6 Å². The van der Waals surface area contributed by atoms with Crippen molar-refractivity contribution in [3.8, 4) is 0 Å². The van der Waals surface area contributed by atoms with Crippen molar-refractivity contribution >= 4 is 70.9 Å². The number of hydrogen-bond acceptors (Lipinski definition) is 15. The molecule has 25 nitrogen and oxygen atoms in total. The van der Waals surface area contributed by atoms with Gasteiger partial charge in [0.2, 0.25) is 35.4 Å². The molecule has 2 aromatic carbocycles. The molecular formula is C68H104N10O15. The molecule has 0 spiro atoms. The van der Waals surface area contributed by atoms with Gasteiger partial charge in [-0.05, 0) is 92.4 Å². The summed E-state index contributed by atoms with van der Waals surface area (Å²) < 4.78 is 17.8. The molecular weight excluding hydrogens is 1200 g/mol. The lowest BCUT2D eigenvalue weighted by Gasteiger charge is -2.41. The van der Waals surface area contributed by atoms with Crippen LogP contribution in [0.25, 0.3) is 0 Å². The topological polar surface area (TPSA) is 335 Å². The fraction of sp³-hybridized carbons (Fsp3) is 0.632. The highest BCUT2D eigenvalue weighted by atomic mass is 16.6. The van der Waals surface area contributed by atoms with Gasteiger partial charge in [0.05, 0.1) is 54.8 Å². The first-order valence-corrected chi connectivity index (χ1v) is 32.6. The number of nitrogens with two attached hydrogens (primary N) is 1. The number of unbranched alkanes of at least 4 members (excludes halogenated alkanes) is 1. The van der Waals surface area contributed by atoms with Crippen LogP contribution >= 0.6 is 0 Å². The number of hydrogen-bond donors (Lipinski definition) is 7. The van der Waals surface area contributed by atoms with Gasteiger partial charge in [-0.15, -0.1) is 0 Å². The molecule has 2 aliphatic rings. The Labute approximate surface area is 548 Å². The van der Waals surface area contributed by atoms with Crippen molar-refractivity contribution in [3.05, 3.63) is 77.9 Å². The summed E-state index contributed by atoms with van der Waals surface area (Å²) >= 11 is 0. The summed E-state index contributed by atoms with van der Waals surface area (Å²) in [5, 5.41) is 24.6. The van der Waals surface area contributed by atoms with Crippen molar-refractivity contribution in [2.45, 2.75) is 195 Å². The highest BCUT2D eigenvalue weighted by Gasteiger charge is 2.44. The molecule has 2 aromatic rings. The van der Waals surface area contributed by atoms with Crippen molar-refractivity contribution in [3.63, 3.8) is 0 Å². The second-order valence-corrected chi connectivity index (χ2v) is 25.7. The first-order chi connectivity index (χ1) is 44.0. The van der Waals surface area contributed by atoms with E-state index >= 15 is 0 Å². The zero-order valence-corrected chi connectivity index (χ0v) is 56.9. The molecule has 0 aliphatic carbocycles. The van der Waals surface area contributed by atoms with Crippen LogP contribution in [-0.2, 0) is 64.0 Å². The minimum absolute atomic E-state index is 0.0224. The van der Waals surface area contributed by atoms with Gasteiger partial charge in [0.25, 0.3) is 11.8 Å². The third-order valence-electron chi connectivity index (χ3n) is 17.8. The van der Waals surface area contributed by atoms with Crippen LogP contribution in [0.15, 0.2) is 66.7 Å². The van der Waals surface area contributed by atoms with Gasteiger partial charge in [-0.25, -0.2) is 9.59 Å². The quantitative estimate of drug-likeness (QED) is 0.0310. The number of Topliss-reactive ketones (excluding diaryl/α,β-unsaturated/α-hetero) is 1. The Kier molecular flexibility index (Phi) is 31.6. The van der Waals surface area contributed by atoms with Gasteiger partial charge < -0.3 is 66.3 Å². The lowest BCUT2D eigenvalue weighted by atomic mass is 9.83. The number of urea groups is 1. The van der Waals surface area contributed by atoms with Gasteiger partial charge in [0, 0.05) is 84.5 Å². The van der Waals surface area contributed by atoms with Crippen molar-refractivity contribution < 1.29 is 72.1 Å². The normalized spacial score (nSPS) is 17.5. The number of rotatable bonds is 38. The number of carbonyl (C=O) groups is 11. The van der Waals surface area contributed by atoms with E-state index < -0.39 is 108 Å². The maximum absolute atomic E-state index is 14.9. The average molecular weight is 1300 g/mol. The standard InChI is InChI=1S/C68H104N10O15/c1-15-43(8)60(53(91-13)38-57(83)77-36-22-26-51(77)62(92-14)44(9)63(85)71-45(10)61(84)47-23-17-16-18-24-47)75(11)66(88)49(40(2)3)37-52(79)59(42(6)7)76(12)68(90)93-39-46-28-30-48(31-29-46)72-64(86)50(25-21-34-70-67(69)89)73-65(87)58(41(4)5)74-54(80)27-19-20-35-78-55(81)32-33-56(78)82/h16-18,23-24,28-33,40-45,49-51,53,58-62,84H,15,19-22,25-27,34-39H2,1-14H3,(H,71,85)(H,72,86)(H,73,87)(H,74,80)(H3,69,70,89)/t43-,44+,45-,49-,50-,51-,53+,58-,59+,60+,61-,62-/m0/s1. The van der Waals surface area contributed by atoms with Crippen molar-refractivity contribution in [1.82, 2.24) is 40.9 Å². The molecule has 0 radical (unpaired) electrons. The number of likely N-dealkylation sites (tertiary alicyclic amines) is 1. The third-order valence-corrected chi connectivity index (χ3v) is 17.8. The van der Waals surface area contributed by atoms with E-state index in [9.17, 15) is 57.8 Å². The molecule has 8 N–H and O–H groups in total. The Morgan fingerprint density at radius 3 is 1.96 bits per heavy atom. The molecule has 4 rings (SSSR count). The minimum Gasteiger partial charge on any atom is -0.445 e. The van der Waals surface area contributed by atoms with E-state index in [0.29, 0.717) is 55.5 Å². The summed E-state index contributed by atoms with van der Waals surface area (Å²) in [5.41, 5.74) is 6.78. The molecule has 0 bridgehead atoms. The molecule has 0 unspecified atom stereocenters. The summed E-state index contributed by atoms with van der Waals surface area (Å²) in [5.74, 6) is -6.40. The molecule has 0 saturated carbocycles. The number of likely N-dealkylation sites (N-methyl/N-ethyl adjacent to an activating group) is 2. The highest BCUT2D eigenvalue weighted by molar-refractivity contribution is 6.12. The molecule has 93 heavy (non-hydrogen) atoms. The SMILES string of the molecule is CC[C@H](C)[C@H]([C@@H](CC(=O)N1CCC[C@H]1[C@@H](OC)[C@@H](C)C(=O)N[C@@H](C)[C@H](O)c1ccccc1)OC)N(C)C(=O)[C@@H](CC(=O)[C@@H](C(C)C)N(C)C(=O)OCc1ccc(NC(=O)[C@H](CCCNC(N)=O)NC(=O)[C@@H](NC(=O)CCCCN2C(=O)C=CC2=O)C(C)C)cc1)C(C)C. The number of nitrogens with zero attached hydrogens (tertiary/aromatic N) is 4. The van der Waals surface area contributed by atoms with Crippen LogP contribution in [0.1, 0.15) is 151 Å². The molecule has 516 valence electrons. The van der Waals surface area contributed by atoms with Crippen LogP contribution in [0.3, 0.4) is 0 Å². The summed E-state index contributed by atoms with van der Waals surface area (Å²) in [6, 6.07) is 9.97. The number of ketones is 1. The van der Waals surface area contributed by atoms with Crippen LogP contribution in [0.2, 0.25) is 0 Å². The van der Waals surface area contributed by atoms with E-state index in [1.54, 1.807) is 94.8 Å². The fourth-order valence-electron chi connectivity index (χ4n) is 12.2. The number of methoxy groups -OCH3 is 2. The third kappa shape index (κ3) is 22.7. The number of aliphatic hydroxyl groups is 1. The zero-order valence-electron chi connectivity index (χ0n) is 56.9. The van der Waals surface area contributed by atoms with E-state index in [-0.39, 0.29) is 99.0 Å². The van der Waals surface area contributed by atoms with Crippen LogP contribution in [0, 0.1) is 35.5 Å². The lowest BCUT2D eigenvalue weighted by Crippen LogP contribution is -2.55. The van der Waals surface area contributed by atoms with E-state index in [1.807, 2.05) is 45.9 Å². The molecule has 2 aliphatic heterocycles. The Balaban J connectivity index is 1.38. The first kappa shape index (κ1) is 77.7. The second-order valence-electron chi connectivity index (χ2n) is 25.7. The van der Waals surface area contributed by atoms with Crippen molar-refractivity contribution in [2.75, 3.05) is 53.3 Å². The number of amides is 11. The number of carbonyl (C=O) groups excluding carboxylic acids is 11. The highest BCUT2D eigenvalue weighted by Crippen LogP contribution is 2.32. The van der Waals surface area contributed by atoms with Gasteiger partial charge in [0.1, 0.15) is 18.7 Å². The number of ether oxygens (including phenoxy) is 3. The summed E-state index contributed by atoms with van der Waals surface area (Å²) in [4.78, 5) is 153. The van der Waals surface area contributed by atoms with E-state index in [1.165, 1.54) is 38.3 Å². The average Bonchev–Trinajstić information content (AvgIpc) is 1.80. The Bertz CT molecular complexity index is 2850. The number of benzene rings is 2. The van der Waals surface area contributed by atoms with Gasteiger partial charge in [-0.2, -0.15) is 0 Å². The van der Waals surface area contributed by atoms with Gasteiger partial charge in [0.15, 0.2) is 5.78 Å². The maximum atomic E-state index is 14.9. The zero-order chi connectivity index (χ0) is 69.4. The molecule has 1 fully saturated rings. The first-order valence-electron chi connectivity index (χ1n) is 32.6. The summed E-state index contributed by atoms with van der Waals surface area (Å²) in [6.07, 6.45) is 1.97. The van der Waals surface area contributed by atoms with Crippen LogP contribution < -0.4 is 32.3 Å². The van der Waals surface area contributed by atoms with Crippen LogP contribution in [-0.4, -0.2) is 186 Å². The Morgan fingerprint density at radius 1 is 0.742 bits per heavy atom. The van der Waals surface area contributed by atoms with Gasteiger partial charge in [-0.3, -0.25) is 48.1 Å².